The Morgan fingerprint density at radius 1 is 1.44 bits per heavy atom. The second-order valence-corrected chi connectivity index (χ2v) is 6.37. The molecule has 0 aliphatic rings. The molecule has 0 spiro atoms. The van der Waals surface area contributed by atoms with Crippen LogP contribution in [0, 0.1) is 0 Å². The fourth-order valence-corrected chi connectivity index (χ4v) is 2.46. The number of hydrogen-bond acceptors (Lipinski definition) is 1. The van der Waals surface area contributed by atoms with Gasteiger partial charge in [0.15, 0.2) is 0 Å². The lowest BCUT2D eigenvalue weighted by Crippen LogP contribution is -2.27. The summed E-state index contributed by atoms with van der Waals surface area (Å²) < 4.78 is 5.52. The zero-order valence-electron chi connectivity index (χ0n) is 6.77. The lowest BCUT2D eigenvalue weighted by atomic mass is 10.8. The standard InChI is InChI=1S/C7H16OSi/c1-5-7-9(3,4)8-6-2/h5,7H,6H2,1-4H3. The Hall–Kier alpha value is -0.0831. The van der Waals surface area contributed by atoms with E-state index in [1.165, 1.54) is 0 Å². The second kappa shape index (κ2) is 3.85. The molecule has 0 rings (SSSR count). The van der Waals surface area contributed by atoms with Gasteiger partial charge in [0.25, 0.3) is 0 Å². The summed E-state index contributed by atoms with van der Waals surface area (Å²) in [5.41, 5.74) is 2.19. The zero-order valence-corrected chi connectivity index (χ0v) is 7.77. The van der Waals surface area contributed by atoms with Crippen LogP contribution in [0.2, 0.25) is 13.1 Å². The van der Waals surface area contributed by atoms with Gasteiger partial charge in [-0.3, -0.25) is 0 Å². The van der Waals surface area contributed by atoms with E-state index in [0.29, 0.717) is 0 Å². The lowest BCUT2D eigenvalue weighted by Gasteiger charge is -2.16. The molecule has 9 heavy (non-hydrogen) atoms. The smallest absolute Gasteiger partial charge is 0.210 e. The Morgan fingerprint density at radius 3 is 2.33 bits per heavy atom. The Morgan fingerprint density at radius 2 is 2.00 bits per heavy atom. The fraction of sp³-hybridized carbons (Fsp3) is 0.714. The molecule has 0 N–H and O–H groups in total. The maximum absolute atomic E-state index is 5.52. The minimum atomic E-state index is -1.38. The molecule has 0 saturated carbocycles. The third-order valence-electron chi connectivity index (χ3n) is 1.08. The maximum atomic E-state index is 5.52. The quantitative estimate of drug-likeness (QED) is 0.552. The first-order chi connectivity index (χ1) is 4.12. The SMILES string of the molecule is CC=C[Si](C)(C)OCC. The van der Waals surface area contributed by atoms with Gasteiger partial charge in [0.1, 0.15) is 0 Å². The Labute approximate surface area is 58.9 Å². The molecule has 0 bridgehead atoms. The summed E-state index contributed by atoms with van der Waals surface area (Å²) in [5.74, 6) is 0. The van der Waals surface area contributed by atoms with Crippen LogP contribution in [-0.4, -0.2) is 14.9 Å². The number of rotatable bonds is 3. The average Bonchev–Trinajstić information content (AvgIpc) is 1.64. The monoisotopic (exact) mass is 144 g/mol. The van der Waals surface area contributed by atoms with Crippen LogP contribution in [-0.2, 0) is 4.43 Å². The molecule has 2 heteroatoms. The molecule has 0 atom stereocenters. The predicted molar refractivity (Wildman–Crippen MR) is 43.9 cm³/mol. The largest absolute Gasteiger partial charge is 0.414 e. The lowest BCUT2D eigenvalue weighted by molar-refractivity contribution is 0.338. The van der Waals surface area contributed by atoms with E-state index in [9.17, 15) is 0 Å². The van der Waals surface area contributed by atoms with E-state index in [4.69, 9.17) is 4.43 Å². The van der Waals surface area contributed by atoms with Gasteiger partial charge < -0.3 is 4.43 Å². The third kappa shape index (κ3) is 4.42. The van der Waals surface area contributed by atoms with Gasteiger partial charge in [-0.1, -0.05) is 11.8 Å². The minimum absolute atomic E-state index is 0.837. The van der Waals surface area contributed by atoms with E-state index < -0.39 is 8.32 Å². The van der Waals surface area contributed by atoms with Crippen molar-refractivity contribution in [2.75, 3.05) is 6.61 Å². The Balaban J connectivity index is 3.70. The van der Waals surface area contributed by atoms with Crippen LogP contribution in [0.5, 0.6) is 0 Å². The van der Waals surface area contributed by atoms with Crippen molar-refractivity contribution in [2.45, 2.75) is 26.9 Å². The van der Waals surface area contributed by atoms with Crippen LogP contribution in [0.4, 0.5) is 0 Å². The molecule has 0 saturated heterocycles. The summed E-state index contributed by atoms with van der Waals surface area (Å²) in [6.07, 6.45) is 2.07. The average molecular weight is 144 g/mol. The van der Waals surface area contributed by atoms with Crippen molar-refractivity contribution in [3.05, 3.63) is 11.8 Å². The molecule has 0 fully saturated rings. The van der Waals surface area contributed by atoms with E-state index in [1.807, 2.05) is 13.8 Å². The molecule has 0 aliphatic carbocycles. The summed E-state index contributed by atoms with van der Waals surface area (Å²) in [5, 5.41) is 0. The molecule has 0 heterocycles. The highest BCUT2D eigenvalue weighted by Gasteiger charge is 2.15. The first-order valence-corrected chi connectivity index (χ1v) is 6.38. The van der Waals surface area contributed by atoms with Gasteiger partial charge in [-0.05, 0) is 26.9 Å². The highest BCUT2D eigenvalue weighted by Crippen LogP contribution is 2.04. The highest BCUT2D eigenvalue weighted by molar-refractivity contribution is 6.76. The molecule has 54 valence electrons. The van der Waals surface area contributed by atoms with Crippen molar-refractivity contribution in [1.29, 1.82) is 0 Å². The summed E-state index contributed by atoms with van der Waals surface area (Å²) >= 11 is 0. The molecule has 0 aromatic carbocycles. The third-order valence-corrected chi connectivity index (χ3v) is 3.25. The van der Waals surface area contributed by atoms with Gasteiger partial charge in [0.05, 0.1) is 0 Å². The summed E-state index contributed by atoms with van der Waals surface area (Å²) in [7, 11) is -1.38. The van der Waals surface area contributed by atoms with Gasteiger partial charge >= 0.3 is 0 Å². The Bertz CT molecular complexity index is 97.1. The van der Waals surface area contributed by atoms with Crippen molar-refractivity contribution in [3.8, 4) is 0 Å². The van der Waals surface area contributed by atoms with Crippen LogP contribution in [0.15, 0.2) is 11.8 Å². The van der Waals surface area contributed by atoms with Gasteiger partial charge in [-0.2, -0.15) is 0 Å². The molecule has 0 aliphatic heterocycles. The van der Waals surface area contributed by atoms with Crippen LogP contribution in [0.1, 0.15) is 13.8 Å². The molecule has 0 aromatic heterocycles. The van der Waals surface area contributed by atoms with Crippen molar-refractivity contribution < 1.29 is 4.43 Å². The van der Waals surface area contributed by atoms with Crippen molar-refractivity contribution in [2.24, 2.45) is 0 Å². The Kier molecular flexibility index (Phi) is 3.82. The van der Waals surface area contributed by atoms with Crippen LogP contribution in [0.25, 0.3) is 0 Å². The van der Waals surface area contributed by atoms with Gasteiger partial charge in [0, 0.05) is 6.61 Å². The van der Waals surface area contributed by atoms with E-state index in [2.05, 4.69) is 24.9 Å². The number of allylic oxidation sites excluding steroid dienone is 1. The van der Waals surface area contributed by atoms with E-state index in [0.717, 1.165) is 6.61 Å². The molecule has 0 unspecified atom stereocenters. The van der Waals surface area contributed by atoms with Crippen molar-refractivity contribution in [3.63, 3.8) is 0 Å². The minimum Gasteiger partial charge on any atom is -0.414 e. The molecule has 0 radical (unpaired) electrons. The molecule has 0 aromatic rings. The maximum Gasteiger partial charge on any atom is 0.210 e. The normalized spacial score (nSPS) is 12.9. The zero-order chi connectivity index (χ0) is 7.33. The first kappa shape index (κ1) is 8.92. The van der Waals surface area contributed by atoms with Crippen LogP contribution < -0.4 is 0 Å². The molecular weight excluding hydrogens is 128 g/mol. The van der Waals surface area contributed by atoms with E-state index >= 15 is 0 Å². The summed E-state index contributed by atoms with van der Waals surface area (Å²) in [6, 6.07) is 0. The second-order valence-electron chi connectivity index (χ2n) is 2.54. The first-order valence-electron chi connectivity index (χ1n) is 3.40. The van der Waals surface area contributed by atoms with E-state index in [-0.39, 0.29) is 0 Å². The summed E-state index contributed by atoms with van der Waals surface area (Å²) in [6.45, 7) is 9.29. The van der Waals surface area contributed by atoms with Crippen molar-refractivity contribution in [1.82, 2.24) is 0 Å². The van der Waals surface area contributed by atoms with Gasteiger partial charge in [-0.15, -0.1) is 0 Å². The molecular formula is C7H16OSi. The predicted octanol–water partition coefficient (Wildman–Crippen LogP) is 2.34. The van der Waals surface area contributed by atoms with Crippen molar-refractivity contribution >= 4 is 8.32 Å². The number of hydrogen-bond donors (Lipinski definition) is 0. The van der Waals surface area contributed by atoms with Crippen LogP contribution >= 0.6 is 0 Å². The van der Waals surface area contributed by atoms with Crippen LogP contribution in [0.3, 0.4) is 0 Å². The van der Waals surface area contributed by atoms with Gasteiger partial charge in [0.2, 0.25) is 8.32 Å². The van der Waals surface area contributed by atoms with E-state index in [1.54, 1.807) is 0 Å². The molecule has 0 amide bonds. The fourth-order valence-electron chi connectivity index (χ4n) is 0.821. The highest BCUT2D eigenvalue weighted by atomic mass is 28.4. The summed E-state index contributed by atoms with van der Waals surface area (Å²) in [4.78, 5) is 0. The van der Waals surface area contributed by atoms with Gasteiger partial charge in [-0.25, -0.2) is 0 Å². The topological polar surface area (TPSA) is 9.23 Å². The molecule has 1 nitrogen and oxygen atoms in total.